The summed E-state index contributed by atoms with van der Waals surface area (Å²) in [6, 6.07) is 5.42. The van der Waals surface area contributed by atoms with Crippen LogP contribution in [0.3, 0.4) is 0 Å². The monoisotopic (exact) mass is 352 g/mol. The van der Waals surface area contributed by atoms with Crippen LogP contribution in [-0.2, 0) is 6.18 Å². The average molecular weight is 353 g/mol. The normalized spacial score (nSPS) is 11.3. The summed E-state index contributed by atoms with van der Waals surface area (Å²) in [5, 5.41) is 9.30. The van der Waals surface area contributed by atoms with Gasteiger partial charge in [-0.1, -0.05) is 23.2 Å². The Morgan fingerprint density at radius 3 is 2.27 bits per heavy atom. The minimum atomic E-state index is -4.69. The van der Waals surface area contributed by atoms with E-state index in [1.54, 1.807) is 0 Å². The van der Waals surface area contributed by atoms with Crippen molar-refractivity contribution >= 4 is 28.9 Å². The van der Waals surface area contributed by atoms with Crippen molar-refractivity contribution in [3.63, 3.8) is 0 Å². The largest absolute Gasteiger partial charge is 0.437 e. The zero-order chi connectivity index (χ0) is 16.5. The van der Waals surface area contributed by atoms with Gasteiger partial charge in [-0.15, -0.1) is 0 Å². The number of benzene rings is 1. The van der Waals surface area contributed by atoms with Gasteiger partial charge in [-0.3, -0.25) is 10.1 Å². The summed E-state index contributed by atoms with van der Waals surface area (Å²) >= 11 is 11.1. The molecular weight excluding hydrogens is 348 g/mol. The van der Waals surface area contributed by atoms with Crippen LogP contribution in [0.25, 0.3) is 0 Å². The van der Waals surface area contributed by atoms with Crippen molar-refractivity contribution in [1.29, 1.82) is 0 Å². The van der Waals surface area contributed by atoms with Gasteiger partial charge in [-0.2, -0.15) is 18.2 Å². The van der Waals surface area contributed by atoms with Gasteiger partial charge in [0.15, 0.2) is 0 Å². The third-order valence-corrected chi connectivity index (χ3v) is 3.02. The number of nitro benzene ring substituents is 1. The van der Waals surface area contributed by atoms with E-state index >= 15 is 0 Å². The molecule has 2 rings (SSSR count). The Kier molecular flexibility index (Phi) is 4.43. The Bertz CT molecular complexity index is 721. The SMILES string of the molecule is O=[N+]([O-])c1ccc(Oc2nc(Cl)c(C(F)(F)F)cc2Cl)cc1. The topological polar surface area (TPSA) is 65.3 Å². The predicted molar refractivity (Wildman–Crippen MR) is 72.4 cm³/mol. The van der Waals surface area contributed by atoms with Gasteiger partial charge >= 0.3 is 6.18 Å². The number of alkyl halides is 3. The number of aromatic nitrogens is 1. The highest BCUT2D eigenvalue weighted by atomic mass is 35.5. The van der Waals surface area contributed by atoms with Crippen LogP contribution in [0.15, 0.2) is 30.3 Å². The van der Waals surface area contributed by atoms with E-state index in [1.165, 1.54) is 12.1 Å². The Morgan fingerprint density at radius 2 is 1.77 bits per heavy atom. The molecule has 1 aromatic carbocycles. The Balaban J connectivity index is 2.30. The number of ether oxygens (including phenoxy) is 1. The van der Waals surface area contributed by atoms with Crippen LogP contribution in [0.4, 0.5) is 18.9 Å². The van der Waals surface area contributed by atoms with Crippen LogP contribution in [0, 0.1) is 10.1 Å². The maximum Gasteiger partial charge on any atom is 0.419 e. The summed E-state index contributed by atoms with van der Waals surface area (Å²) in [6.45, 7) is 0. The zero-order valence-corrected chi connectivity index (χ0v) is 11.9. The number of nitro groups is 1. The first kappa shape index (κ1) is 16.3. The molecule has 0 aliphatic heterocycles. The standard InChI is InChI=1S/C12H5Cl2F3N2O3/c13-9-5-8(12(15,16)17)10(14)18-11(9)22-7-3-1-6(2-4-7)19(20)21/h1-5H. The molecule has 0 radical (unpaired) electrons. The Labute approximate surface area is 131 Å². The molecule has 10 heteroatoms. The van der Waals surface area contributed by atoms with Crippen molar-refractivity contribution in [3.8, 4) is 11.6 Å². The molecule has 0 saturated heterocycles. The van der Waals surface area contributed by atoms with Gasteiger partial charge in [0.1, 0.15) is 15.9 Å². The minimum Gasteiger partial charge on any atom is -0.437 e. The van der Waals surface area contributed by atoms with Crippen molar-refractivity contribution in [3.05, 3.63) is 56.2 Å². The van der Waals surface area contributed by atoms with E-state index in [0.29, 0.717) is 6.07 Å². The van der Waals surface area contributed by atoms with Crippen LogP contribution in [0.5, 0.6) is 11.6 Å². The molecule has 0 aliphatic rings. The quantitative estimate of drug-likeness (QED) is 0.437. The molecule has 0 bridgehead atoms. The van der Waals surface area contributed by atoms with E-state index in [9.17, 15) is 23.3 Å². The molecule has 116 valence electrons. The lowest BCUT2D eigenvalue weighted by molar-refractivity contribution is -0.384. The number of nitrogens with zero attached hydrogens (tertiary/aromatic N) is 2. The third-order valence-electron chi connectivity index (χ3n) is 2.46. The van der Waals surface area contributed by atoms with Gasteiger partial charge in [0.25, 0.3) is 5.69 Å². The summed E-state index contributed by atoms with van der Waals surface area (Å²) in [7, 11) is 0. The first-order valence-corrected chi connectivity index (χ1v) is 6.29. The molecule has 0 aliphatic carbocycles. The summed E-state index contributed by atoms with van der Waals surface area (Å²) in [6.07, 6.45) is -4.69. The van der Waals surface area contributed by atoms with Crippen LogP contribution < -0.4 is 4.74 Å². The van der Waals surface area contributed by atoms with Crippen molar-refractivity contribution in [2.75, 3.05) is 0 Å². The van der Waals surface area contributed by atoms with Crippen LogP contribution in [0.2, 0.25) is 10.2 Å². The Morgan fingerprint density at radius 1 is 1.18 bits per heavy atom. The summed E-state index contributed by atoms with van der Waals surface area (Å²) in [4.78, 5) is 13.4. The predicted octanol–water partition coefficient (Wildman–Crippen LogP) is 5.11. The highest BCUT2D eigenvalue weighted by Gasteiger charge is 2.35. The van der Waals surface area contributed by atoms with Crippen molar-refractivity contribution < 1.29 is 22.8 Å². The van der Waals surface area contributed by atoms with Crippen molar-refractivity contribution in [2.45, 2.75) is 6.18 Å². The van der Waals surface area contributed by atoms with Gasteiger partial charge in [0.05, 0.1) is 10.5 Å². The number of pyridine rings is 1. The van der Waals surface area contributed by atoms with E-state index < -0.39 is 26.8 Å². The average Bonchev–Trinajstić information content (AvgIpc) is 2.42. The van der Waals surface area contributed by atoms with Crippen LogP contribution in [-0.4, -0.2) is 9.91 Å². The summed E-state index contributed by atoms with van der Waals surface area (Å²) < 4.78 is 43.0. The van der Waals surface area contributed by atoms with Crippen molar-refractivity contribution in [1.82, 2.24) is 4.98 Å². The van der Waals surface area contributed by atoms with Gasteiger partial charge < -0.3 is 4.74 Å². The molecular formula is C12H5Cl2F3N2O3. The van der Waals surface area contributed by atoms with Gasteiger partial charge in [0.2, 0.25) is 5.88 Å². The first-order valence-electron chi connectivity index (χ1n) is 5.54. The molecule has 22 heavy (non-hydrogen) atoms. The molecule has 2 aromatic rings. The lowest BCUT2D eigenvalue weighted by Crippen LogP contribution is -2.07. The van der Waals surface area contributed by atoms with E-state index in [2.05, 4.69) is 4.98 Å². The fraction of sp³-hybridized carbons (Fsp3) is 0.0833. The van der Waals surface area contributed by atoms with E-state index in [-0.39, 0.29) is 17.3 Å². The second kappa shape index (κ2) is 5.98. The summed E-state index contributed by atoms with van der Waals surface area (Å²) in [5.74, 6) is -0.232. The molecule has 5 nitrogen and oxygen atoms in total. The molecule has 0 N–H and O–H groups in total. The van der Waals surface area contributed by atoms with Crippen LogP contribution >= 0.6 is 23.2 Å². The highest BCUT2D eigenvalue weighted by molar-refractivity contribution is 6.33. The number of hydrogen-bond acceptors (Lipinski definition) is 4. The second-order valence-corrected chi connectivity index (χ2v) is 4.73. The van der Waals surface area contributed by atoms with Crippen LogP contribution in [0.1, 0.15) is 5.56 Å². The fourth-order valence-electron chi connectivity index (χ4n) is 1.47. The third kappa shape index (κ3) is 3.58. The molecule has 0 amide bonds. The lowest BCUT2D eigenvalue weighted by atomic mass is 10.3. The molecule has 0 saturated carbocycles. The molecule has 0 spiro atoms. The maximum atomic E-state index is 12.6. The van der Waals surface area contributed by atoms with Gasteiger partial charge in [-0.25, -0.2) is 0 Å². The number of hydrogen-bond donors (Lipinski definition) is 0. The summed E-state index contributed by atoms with van der Waals surface area (Å²) in [5.41, 5.74) is -1.35. The molecule has 0 unspecified atom stereocenters. The molecule has 1 aromatic heterocycles. The number of rotatable bonds is 3. The molecule has 0 atom stereocenters. The highest BCUT2D eigenvalue weighted by Crippen LogP contribution is 2.39. The minimum absolute atomic E-state index is 0.107. The fourth-order valence-corrected chi connectivity index (χ4v) is 1.90. The number of non-ortho nitro benzene ring substituents is 1. The van der Waals surface area contributed by atoms with Crippen molar-refractivity contribution in [2.24, 2.45) is 0 Å². The maximum absolute atomic E-state index is 12.6. The van der Waals surface area contributed by atoms with E-state index in [4.69, 9.17) is 27.9 Å². The second-order valence-electron chi connectivity index (χ2n) is 3.96. The smallest absolute Gasteiger partial charge is 0.419 e. The lowest BCUT2D eigenvalue weighted by Gasteiger charge is -2.11. The van der Waals surface area contributed by atoms with E-state index in [1.807, 2.05) is 0 Å². The first-order chi connectivity index (χ1) is 10.2. The molecule has 0 fully saturated rings. The zero-order valence-electron chi connectivity index (χ0n) is 10.4. The van der Waals surface area contributed by atoms with Gasteiger partial charge in [0, 0.05) is 12.1 Å². The Hall–Kier alpha value is -2.06. The number of halogens is 5. The molecule has 1 heterocycles. The van der Waals surface area contributed by atoms with E-state index in [0.717, 1.165) is 12.1 Å². The van der Waals surface area contributed by atoms with Gasteiger partial charge in [-0.05, 0) is 18.2 Å².